The van der Waals surface area contributed by atoms with E-state index in [0.29, 0.717) is 16.7 Å². The maximum atomic E-state index is 11.2. The Balaban J connectivity index is 1.97. The van der Waals surface area contributed by atoms with Gasteiger partial charge < -0.3 is 26.2 Å². The summed E-state index contributed by atoms with van der Waals surface area (Å²) in [5.74, 6) is -0.745. The highest BCUT2D eigenvalue weighted by molar-refractivity contribution is 5.80. The number of phenolic OH excluding ortho intramolecular Hbond substituents is 3. The van der Waals surface area contributed by atoms with Gasteiger partial charge in [0.25, 0.3) is 0 Å². The number of carbonyl (C=O) groups is 1. The molecule has 6 N–H and O–H groups in total. The number of hydrogen-bond acceptors (Lipinski definition) is 5. The van der Waals surface area contributed by atoms with Gasteiger partial charge in [0.15, 0.2) is 0 Å². The van der Waals surface area contributed by atoms with Gasteiger partial charge in [-0.2, -0.15) is 0 Å². The lowest BCUT2D eigenvalue weighted by atomic mass is 9.98. The first kappa shape index (κ1) is 21.7. The monoisotopic (exact) mass is 417 g/mol. The van der Waals surface area contributed by atoms with Crippen LogP contribution in [-0.2, 0) is 11.2 Å². The largest absolute Gasteiger partial charge is 0.508 e. The maximum Gasteiger partial charge on any atom is 0.320 e. The van der Waals surface area contributed by atoms with Crippen LogP contribution >= 0.6 is 0 Å². The normalized spacial score (nSPS) is 12.4. The van der Waals surface area contributed by atoms with Crippen molar-refractivity contribution in [3.63, 3.8) is 0 Å². The Kier molecular flexibility index (Phi) is 6.74. The molecule has 3 aromatic carbocycles. The highest BCUT2D eigenvalue weighted by atomic mass is 16.4. The minimum Gasteiger partial charge on any atom is -0.508 e. The van der Waals surface area contributed by atoms with E-state index in [-0.39, 0.29) is 23.7 Å². The van der Waals surface area contributed by atoms with E-state index >= 15 is 0 Å². The molecule has 0 spiro atoms. The molecule has 31 heavy (non-hydrogen) atoms. The predicted molar refractivity (Wildman–Crippen MR) is 121 cm³/mol. The van der Waals surface area contributed by atoms with E-state index in [4.69, 9.17) is 10.8 Å². The van der Waals surface area contributed by atoms with E-state index in [1.165, 1.54) is 0 Å². The fourth-order valence-electron chi connectivity index (χ4n) is 3.00. The van der Waals surface area contributed by atoms with Gasteiger partial charge in [0.1, 0.15) is 23.3 Å². The van der Waals surface area contributed by atoms with Crippen molar-refractivity contribution in [3.8, 4) is 17.2 Å². The number of carboxylic acids is 1. The summed E-state index contributed by atoms with van der Waals surface area (Å²) < 4.78 is 0. The van der Waals surface area contributed by atoms with Crippen LogP contribution in [0.3, 0.4) is 0 Å². The van der Waals surface area contributed by atoms with Crippen LogP contribution in [0.2, 0.25) is 0 Å². The van der Waals surface area contributed by atoms with Crippen molar-refractivity contribution in [2.24, 2.45) is 5.73 Å². The van der Waals surface area contributed by atoms with Gasteiger partial charge in [0, 0.05) is 11.1 Å². The van der Waals surface area contributed by atoms with Gasteiger partial charge in [-0.1, -0.05) is 48.6 Å². The molecule has 0 aliphatic heterocycles. The number of benzene rings is 3. The standard InChI is InChI=1S/C25H23NO5/c26-23(25(30)31)15-18-13-19(7-1-16-3-9-21(27)10-4-16)24(29)20(14-18)8-2-17-5-11-22(28)12-6-17/h1-14,23,27-29H,15,26H2,(H,30,31). The van der Waals surface area contributed by atoms with Gasteiger partial charge >= 0.3 is 5.97 Å². The summed E-state index contributed by atoms with van der Waals surface area (Å²) in [6, 6.07) is 15.5. The summed E-state index contributed by atoms with van der Waals surface area (Å²) >= 11 is 0. The third-order valence-electron chi connectivity index (χ3n) is 4.70. The Labute approximate surface area is 179 Å². The first-order chi connectivity index (χ1) is 14.8. The van der Waals surface area contributed by atoms with Crippen LogP contribution in [0.4, 0.5) is 0 Å². The number of rotatable bonds is 7. The number of nitrogens with two attached hydrogens (primary N) is 1. The molecule has 0 saturated carbocycles. The lowest BCUT2D eigenvalue weighted by Gasteiger charge is -2.11. The predicted octanol–water partition coefficient (Wildman–Crippen LogP) is 4.10. The van der Waals surface area contributed by atoms with Crippen molar-refractivity contribution >= 4 is 30.3 Å². The molecule has 3 aromatic rings. The molecule has 158 valence electrons. The summed E-state index contributed by atoms with van der Waals surface area (Å²) in [6.45, 7) is 0. The fraction of sp³-hybridized carbons (Fsp3) is 0.0800. The second-order valence-electron chi connectivity index (χ2n) is 7.12. The minimum absolute atomic E-state index is 0.0395. The molecule has 6 nitrogen and oxygen atoms in total. The molecule has 0 aliphatic rings. The Morgan fingerprint density at radius 2 is 1.19 bits per heavy atom. The summed E-state index contributed by atoms with van der Waals surface area (Å²) in [7, 11) is 0. The second kappa shape index (κ2) is 9.65. The molecule has 0 aliphatic carbocycles. The summed E-state index contributed by atoms with van der Waals surface area (Å²) in [4.78, 5) is 11.2. The topological polar surface area (TPSA) is 124 Å². The van der Waals surface area contributed by atoms with Crippen LogP contribution < -0.4 is 5.73 Å². The number of aromatic hydroxyl groups is 3. The number of carboxylic acid groups (broad SMARTS) is 1. The van der Waals surface area contributed by atoms with E-state index in [2.05, 4.69) is 0 Å². The fourth-order valence-corrected chi connectivity index (χ4v) is 3.00. The first-order valence-corrected chi connectivity index (χ1v) is 9.60. The molecular formula is C25H23NO5. The molecule has 0 aromatic heterocycles. The quantitative estimate of drug-likeness (QED) is 0.369. The van der Waals surface area contributed by atoms with Gasteiger partial charge in [0.05, 0.1) is 0 Å². The third-order valence-corrected chi connectivity index (χ3v) is 4.70. The lowest BCUT2D eigenvalue weighted by Crippen LogP contribution is -2.32. The van der Waals surface area contributed by atoms with Crippen molar-refractivity contribution in [1.29, 1.82) is 0 Å². The van der Waals surface area contributed by atoms with Crippen molar-refractivity contribution in [2.45, 2.75) is 12.5 Å². The Hall–Kier alpha value is -4.03. The summed E-state index contributed by atoms with van der Waals surface area (Å²) in [5, 5.41) is 38.7. The van der Waals surface area contributed by atoms with Gasteiger partial charge in [-0.05, 0) is 59.5 Å². The van der Waals surface area contributed by atoms with E-state index in [1.54, 1.807) is 85.0 Å². The van der Waals surface area contributed by atoms with Crippen LogP contribution in [0.1, 0.15) is 27.8 Å². The Morgan fingerprint density at radius 1 is 0.774 bits per heavy atom. The zero-order chi connectivity index (χ0) is 22.4. The average molecular weight is 417 g/mol. The Morgan fingerprint density at radius 3 is 1.58 bits per heavy atom. The maximum absolute atomic E-state index is 11.2. The smallest absolute Gasteiger partial charge is 0.320 e. The zero-order valence-corrected chi connectivity index (χ0v) is 16.6. The average Bonchev–Trinajstić information content (AvgIpc) is 2.75. The van der Waals surface area contributed by atoms with E-state index in [0.717, 1.165) is 11.1 Å². The molecule has 0 amide bonds. The minimum atomic E-state index is -1.10. The third kappa shape index (κ3) is 5.98. The van der Waals surface area contributed by atoms with Crippen molar-refractivity contribution in [3.05, 3.63) is 88.5 Å². The van der Waals surface area contributed by atoms with Gasteiger partial charge in [-0.3, -0.25) is 4.79 Å². The first-order valence-electron chi connectivity index (χ1n) is 9.60. The molecule has 1 atom stereocenters. The van der Waals surface area contributed by atoms with Crippen LogP contribution in [0.5, 0.6) is 17.2 Å². The van der Waals surface area contributed by atoms with Gasteiger partial charge in [-0.15, -0.1) is 0 Å². The van der Waals surface area contributed by atoms with Crippen LogP contribution in [0.15, 0.2) is 60.7 Å². The Bertz CT molecular complexity index is 1040. The van der Waals surface area contributed by atoms with Crippen LogP contribution in [-0.4, -0.2) is 32.4 Å². The van der Waals surface area contributed by atoms with Crippen molar-refractivity contribution in [2.75, 3.05) is 0 Å². The number of hydrogen-bond donors (Lipinski definition) is 5. The molecular weight excluding hydrogens is 394 g/mol. The molecule has 0 fully saturated rings. The second-order valence-corrected chi connectivity index (χ2v) is 7.12. The lowest BCUT2D eigenvalue weighted by molar-refractivity contribution is -0.138. The van der Waals surface area contributed by atoms with Gasteiger partial charge in [-0.25, -0.2) is 0 Å². The summed E-state index contributed by atoms with van der Waals surface area (Å²) in [6.07, 6.45) is 7.10. The van der Waals surface area contributed by atoms with Crippen molar-refractivity contribution < 1.29 is 25.2 Å². The molecule has 0 heterocycles. The summed E-state index contributed by atoms with van der Waals surface area (Å²) in [5.41, 5.74) is 9.04. The van der Waals surface area contributed by atoms with E-state index in [9.17, 15) is 20.1 Å². The molecule has 1 unspecified atom stereocenters. The molecule has 0 bridgehead atoms. The van der Waals surface area contributed by atoms with Gasteiger partial charge in [0.2, 0.25) is 0 Å². The SMILES string of the molecule is NC(Cc1cc(C=Cc2ccc(O)cc2)c(O)c(C=Cc2ccc(O)cc2)c1)C(=O)O. The highest BCUT2D eigenvalue weighted by Crippen LogP contribution is 2.29. The molecule has 6 heteroatoms. The van der Waals surface area contributed by atoms with Crippen molar-refractivity contribution in [1.82, 2.24) is 0 Å². The van der Waals surface area contributed by atoms with Crippen LogP contribution in [0.25, 0.3) is 24.3 Å². The van der Waals surface area contributed by atoms with E-state index < -0.39 is 12.0 Å². The van der Waals surface area contributed by atoms with Crippen LogP contribution in [0, 0.1) is 0 Å². The highest BCUT2D eigenvalue weighted by Gasteiger charge is 2.14. The molecule has 0 radical (unpaired) electrons. The number of phenols is 3. The van der Waals surface area contributed by atoms with E-state index in [1.807, 2.05) is 0 Å². The number of aliphatic carboxylic acids is 1. The zero-order valence-electron chi connectivity index (χ0n) is 16.6. The molecule has 3 rings (SSSR count). The molecule has 0 saturated heterocycles.